The van der Waals surface area contributed by atoms with Gasteiger partial charge in [-0.15, -0.1) is 0 Å². The van der Waals surface area contributed by atoms with E-state index in [0.29, 0.717) is 17.4 Å². The molecule has 0 spiro atoms. The first-order valence-electron chi connectivity index (χ1n) is 10.5. The monoisotopic (exact) mass is 486 g/mol. The lowest BCUT2D eigenvalue weighted by molar-refractivity contribution is 0.0948. The van der Waals surface area contributed by atoms with E-state index in [1.165, 1.54) is 36.0 Å². The first-order valence-corrected chi connectivity index (χ1v) is 11.3. The van der Waals surface area contributed by atoms with Gasteiger partial charge < -0.3 is 26.1 Å². The third kappa shape index (κ3) is 5.52. The van der Waals surface area contributed by atoms with Gasteiger partial charge in [-0.2, -0.15) is 5.26 Å². The number of amides is 1. The van der Waals surface area contributed by atoms with Crippen molar-refractivity contribution >= 4 is 29.9 Å². The van der Waals surface area contributed by atoms with Crippen molar-refractivity contribution in [2.24, 2.45) is 18.5 Å². The van der Waals surface area contributed by atoms with Gasteiger partial charge in [0.15, 0.2) is 0 Å². The first-order chi connectivity index (χ1) is 16.1. The molecule has 1 amide bonds. The number of nitrogens with one attached hydrogen (secondary N) is 1. The lowest BCUT2D eigenvalue weighted by Gasteiger charge is -2.19. The molecule has 0 radical (unpaired) electrons. The molecule has 180 valence electrons. The van der Waals surface area contributed by atoms with Crippen LogP contribution in [-0.4, -0.2) is 40.2 Å². The molecule has 34 heavy (non-hydrogen) atoms. The summed E-state index contributed by atoms with van der Waals surface area (Å²) in [6.07, 6.45) is 3.25. The van der Waals surface area contributed by atoms with E-state index in [1.54, 1.807) is 18.0 Å². The summed E-state index contributed by atoms with van der Waals surface area (Å²) in [6, 6.07) is 7.10. The minimum atomic E-state index is -0.683. The summed E-state index contributed by atoms with van der Waals surface area (Å²) in [4.78, 5) is 25.6. The van der Waals surface area contributed by atoms with Gasteiger partial charge in [-0.1, -0.05) is 18.0 Å². The van der Waals surface area contributed by atoms with Gasteiger partial charge in [-0.05, 0) is 50.7 Å². The number of halogens is 1. The number of carbonyl (C=O) groups excluding carboxylic acids is 1. The Balaban J connectivity index is 1.84. The van der Waals surface area contributed by atoms with E-state index < -0.39 is 17.3 Å². The van der Waals surface area contributed by atoms with E-state index >= 15 is 0 Å². The predicted molar refractivity (Wildman–Crippen MR) is 129 cm³/mol. The number of ether oxygens (including phenoxy) is 1. The molecule has 1 heterocycles. The number of nitrogens with two attached hydrogens (primary N) is 2. The number of pyridine rings is 1. The van der Waals surface area contributed by atoms with Gasteiger partial charge in [-0.3, -0.25) is 13.9 Å². The zero-order chi connectivity index (χ0) is 25.0. The number of nitrogens with zero attached hydrogens (tertiary/aromatic N) is 3. The average Bonchev–Trinajstić information content (AvgIpc) is 3.56. The van der Waals surface area contributed by atoms with Crippen LogP contribution in [0.2, 0.25) is 0 Å². The van der Waals surface area contributed by atoms with Crippen molar-refractivity contribution in [3.8, 4) is 6.07 Å². The molecular formula is C23H27FN6O3S. The van der Waals surface area contributed by atoms with Crippen molar-refractivity contribution in [3.63, 3.8) is 0 Å². The Labute approximate surface area is 200 Å². The third-order valence-electron chi connectivity index (χ3n) is 5.38. The number of rotatable bonds is 8. The smallest absolute Gasteiger partial charge is 0.263 e. The average molecular weight is 487 g/mol. The van der Waals surface area contributed by atoms with Crippen molar-refractivity contribution < 1.29 is 13.9 Å². The molecule has 0 unspecified atom stereocenters. The fraction of sp³-hybridized carbons (Fsp3) is 0.348. The Morgan fingerprint density at radius 1 is 1.41 bits per heavy atom. The maximum Gasteiger partial charge on any atom is 0.263 e. The zero-order valence-corrected chi connectivity index (χ0v) is 20.0. The second-order valence-corrected chi connectivity index (χ2v) is 10.0. The van der Waals surface area contributed by atoms with Crippen LogP contribution in [0.15, 0.2) is 29.1 Å². The molecule has 5 N–H and O–H groups in total. The minimum absolute atomic E-state index is 0.0307. The van der Waals surface area contributed by atoms with Crippen LogP contribution in [0.25, 0.3) is 12.1 Å². The molecule has 11 heteroatoms. The number of nitriles is 1. The normalized spacial score (nSPS) is 15.6. The van der Waals surface area contributed by atoms with Gasteiger partial charge >= 0.3 is 0 Å². The van der Waals surface area contributed by atoms with Gasteiger partial charge in [0, 0.05) is 25.0 Å². The summed E-state index contributed by atoms with van der Waals surface area (Å²) < 4.78 is 22.8. The molecule has 3 rings (SSSR count). The maximum absolute atomic E-state index is 13.8. The predicted octanol–water partition coefficient (Wildman–Crippen LogP) is -0.194. The van der Waals surface area contributed by atoms with Crippen LogP contribution in [0.1, 0.15) is 34.3 Å². The lowest BCUT2D eigenvalue weighted by atomic mass is 10.1. The molecule has 0 bridgehead atoms. The Kier molecular flexibility index (Phi) is 7.54. The maximum atomic E-state index is 13.8. The SMILES string of the molecule is CN(C)SC1(CO/C(N)=c2/c(=C\N)cc(C(=O)NCc3ccc(C#N)c(F)c3)c(=O)n2C)CC1. The van der Waals surface area contributed by atoms with Crippen LogP contribution in [0.3, 0.4) is 0 Å². The first kappa shape index (κ1) is 25.1. The summed E-state index contributed by atoms with van der Waals surface area (Å²) in [5.41, 5.74) is 11.6. The molecule has 1 aliphatic carbocycles. The molecule has 1 saturated carbocycles. The Morgan fingerprint density at radius 2 is 2.12 bits per heavy atom. The Hall–Kier alpha value is -3.49. The number of carbonyl (C=O) groups is 1. The molecule has 0 saturated heterocycles. The van der Waals surface area contributed by atoms with Gasteiger partial charge in [-0.25, -0.2) is 4.39 Å². The van der Waals surface area contributed by atoms with E-state index in [1.807, 2.05) is 18.4 Å². The number of hydrogen-bond acceptors (Lipinski definition) is 8. The largest absolute Gasteiger partial charge is 0.476 e. The van der Waals surface area contributed by atoms with E-state index in [0.717, 1.165) is 18.9 Å². The quantitative estimate of drug-likeness (QED) is 0.436. The number of benzene rings is 1. The van der Waals surface area contributed by atoms with Gasteiger partial charge in [0.2, 0.25) is 5.88 Å². The summed E-state index contributed by atoms with van der Waals surface area (Å²) >= 11 is 1.68. The molecular weight excluding hydrogens is 459 g/mol. The van der Waals surface area contributed by atoms with E-state index in [9.17, 15) is 14.0 Å². The standard InChI is InChI=1S/C23H27FN6O3S/c1-29(2)34-23(6-7-23)13-33-20(27)19-16(11-26)9-17(22(32)30(19)3)21(31)28-12-14-4-5-15(10-25)18(24)8-14/h4-5,8-9,11H,6-7,12-13,26-27H2,1-3H3,(H,28,31)/b16-11-,20-19-. The van der Waals surface area contributed by atoms with Crippen LogP contribution in [-0.2, 0) is 18.3 Å². The van der Waals surface area contributed by atoms with Crippen molar-refractivity contribution in [1.29, 1.82) is 5.26 Å². The fourth-order valence-corrected chi connectivity index (χ4v) is 4.63. The molecule has 9 nitrogen and oxygen atoms in total. The number of aromatic nitrogens is 1. The summed E-state index contributed by atoms with van der Waals surface area (Å²) in [6.45, 7) is 0.348. The molecule has 1 aliphatic rings. The number of hydrogen-bond donors (Lipinski definition) is 3. The highest BCUT2D eigenvalue weighted by molar-refractivity contribution is 7.98. The molecule has 1 fully saturated rings. The minimum Gasteiger partial charge on any atom is -0.476 e. The highest BCUT2D eigenvalue weighted by Crippen LogP contribution is 2.49. The fourth-order valence-electron chi connectivity index (χ4n) is 3.46. The van der Waals surface area contributed by atoms with Gasteiger partial charge in [0.25, 0.3) is 11.5 Å². The van der Waals surface area contributed by atoms with Gasteiger partial charge in [0.1, 0.15) is 29.4 Å². The van der Waals surface area contributed by atoms with E-state index in [4.69, 9.17) is 21.5 Å². The summed E-state index contributed by atoms with van der Waals surface area (Å²) in [7, 11) is 5.41. The van der Waals surface area contributed by atoms with Crippen molar-refractivity contribution in [2.75, 3.05) is 20.7 Å². The summed E-state index contributed by atoms with van der Waals surface area (Å²) in [5.74, 6) is -1.29. The van der Waals surface area contributed by atoms with Gasteiger partial charge in [0.05, 0.1) is 10.3 Å². The topological polar surface area (TPSA) is 139 Å². The lowest BCUT2D eigenvalue weighted by Crippen LogP contribution is -2.48. The van der Waals surface area contributed by atoms with Crippen LogP contribution >= 0.6 is 11.9 Å². The molecule has 2 aromatic rings. The second kappa shape index (κ2) is 10.2. The van der Waals surface area contributed by atoms with Crippen LogP contribution in [0.5, 0.6) is 0 Å². The molecule has 1 aromatic carbocycles. The Morgan fingerprint density at radius 3 is 2.68 bits per heavy atom. The Bertz CT molecular complexity index is 1330. The molecule has 0 aliphatic heterocycles. The van der Waals surface area contributed by atoms with Crippen molar-refractivity contribution in [3.05, 3.63) is 67.7 Å². The second-order valence-electron chi connectivity index (χ2n) is 8.24. The molecule has 0 atom stereocenters. The zero-order valence-electron chi connectivity index (χ0n) is 19.2. The van der Waals surface area contributed by atoms with Crippen molar-refractivity contribution in [1.82, 2.24) is 14.2 Å². The molecule has 1 aromatic heterocycles. The highest BCUT2D eigenvalue weighted by Gasteiger charge is 2.45. The third-order valence-corrected chi connectivity index (χ3v) is 6.66. The van der Waals surface area contributed by atoms with Crippen LogP contribution < -0.4 is 32.9 Å². The highest BCUT2D eigenvalue weighted by atomic mass is 32.2. The van der Waals surface area contributed by atoms with Crippen LogP contribution in [0, 0.1) is 17.1 Å². The van der Waals surface area contributed by atoms with E-state index in [-0.39, 0.29) is 33.7 Å². The van der Waals surface area contributed by atoms with E-state index in [2.05, 4.69) is 5.32 Å². The summed E-state index contributed by atoms with van der Waals surface area (Å²) in [5, 5.41) is 12.0. The van der Waals surface area contributed by atoms with Crippen LogP contribution in [0.4, 0.5) is 4.39 Å². The van der Waals surface area contributed by atoms with Crippen molar-refractivity contribution in [2.45, 2.75) is 24.1 Å².